The van der Waals surface area contributed by atoms with Gasteiger partial charge in [0, 0.05) is 6.54 Å². The minimum Gasteiger partial charge on any atom is -0.445 e. The average Bonchev–Trinajstić information content (AvgIpc) is 2.62. The fraction of sp³-hybridized carbons (Fsp3) is 0.278. The topological polar surface area (TPSA) is 131 Å². The first kappa shape index (κ1) is 18.6. The summed E-state index contributed by atoms with van der Waals surface area (Å²) in [5, 5.41) is 22.7. The lowest BCUT2D eigenvalue weighted by Crippen LogP contribution is -2.35. The number of amides is 1. The van der Waals surface area contributed by atoms with Gasteiger partial charge in [0.1, 0.15) is 18.8 Å². The molecule has 0 fully saturated rings. The zero-order valence-corrected chi connectivity index (χ0v) is 14.0. The Morgan fingerprint density at radius 1 is 1.20 bits per heavy atom. The van der Waals surface area contributed by atoms with E-state index in [0.29, 0.717) is 22.5 Å². The largest absolute Gasteiger partial charge is 0.445 e. The molecule has 7 nitrogen and oxygen atoms in total. The Bertz CT molecular complexity index is 699. The first-order valence-electron chi connectivity index (χ1n) is 7.84. The summed E-state index contributed by atoms with van der Waals surface area (Å²) in [4.78, 5) is 11.7. The Balaban J connectivity index is 1.84. The highest BCUT2D eigenvalue weighted by atomic mass is 16.5. The number of ether oxygens (including phenoxy) is 1. The molecule has 0 radical (unpaired) electrons. The van der Waals surface area contributed by atoms with Crippen molar-refractivity contribution in [2.45, 2.75) is 25.7 Å². The van der Waals surface area contributed by atoms with Crippen molar-refractivity contribution in [3.05, 3.63) is 59.2 Å². The lowest BCUT2D eigenvalue weighted by molar-refractivity contribution is 0.0184. The molecule has 7 heteroatoms. The van der Waals surface area contributed by atoms with Crippen LogP contribution in [0.3, 0.4) is 0 Å². The number of carbonyl (C=O) groups excluding carboxylic acids is 1. The van der Waals surface area contributed by atoms with Gasteiger partial charge in [0.05, 0.1) is 11.4 Å². The monoisotopic (exact) mass is 345 g/mol. The van der Waals surface area contributed by atoms with E-state index in [2.05, 4.69) is 5.32 Å². The quantitative estimate of drug-likeness (QED) is 0.504. The minimum atomic E-state index is -1.22. The molecule has 25 heavy (non-hydrogen) atoms. The number of carbonyl (C=O) groups is 1. The van der Waals surface area contributed by atoms with E-state index in [1.807, 2.05) is 30.3 Å². The van der Waals surface area contributed by atoms with Crippen molar-refractivity contribution in [1.29, 1.82) is 0 Å². The Kier molecular flexibility index (Phi) is 6.21. The highest BCUT2D eigenvalue weighted by molar-refractivity contribution is 5.68. The molecule has 2 unspecified atom stereocenters. The van der Waals surface area contributed by atoms with Crippen LogP contribution in [0.1, 0.15) is 22.8 Å². The summed E-state index contributed by atoms with van der Waals surface area (Å²) < 4.78 is 5.04. The van der Waals surface area contributed by atoms with Crippen LogP contribution in [0.5, 0.6) is 0 Å². The molecule has 0 aromatic heterocycles. The Morgan fingerprint density at radius 2 is 1.88 bits per heavy atom. The van der Waals surface area contributed by atoms with Gasteiger partial charge in [-0.2, -0.15) is 0 Å². The molecule has 2 rings (SSSR count). The van der Waals surface area contributed by atoms with Crippen molar-refractivity contribution in [1.82, 2.24) is 5.32 Å². The summed E-state index contributed by atoms with van der Waals surface area (Å²) in [7, 11) is 0. The molecule has 2 aromatic rings. The molecule has 0 aliphatic heterocycles. The highest BCUT2D eigenvalue weighted by Gasteiger charge is 2.20. The van der Waals surface area contributed by atoms with E-state index >= 15 is 0 Å². The molecule has 0 saturated carbocycles. The second-order valence-corrected chi connectivity index (χ2v) is 5.80. The number of benzene rings is 2. The third kappa shape index (κ3) is 5.10. The zero-order chi connectivity index (χ0) is 18.4. The molecular weight excluding hydrogens is 322 g/mol. The predicted octanol–water partition coefficient (Wildman–Crippen LogP) is 1.48. The number of nitrogens with two attached hydrogens (primary N) is 2. The summed E-state index contributed by atoms with van der Waals surface area (Å²) in [6.07, 6.45) is -3.11. The molecule has 0 saturated heterocycles. The number of alkyl carbamates (subject to hydrolysis) is 1. The maximum atomic E-state index is 11.7. The van der Waals surface area contributed by atoms with E-state index in [9.17, 15) is 15.0 Å². The maximum Gasteiger partial charge on any atom is 0.407 e. The molecule has 2 aromatic carbocycles. The van der Waals surface area contributed by atoms with Crippen LogP contribution < -0.4 is 16.8 Å². The number of aryl methyl sites for hydroxylation is 1. The molecule has 0 aliphatic carbocycles. The molecule has 0 bridgehead atoms. The Hall–Kier alpha value is -2.77. The van der Waals surface area contributed by atoms with Gasteiger partial charge in [-0.15, -0.1) is 0 Å². The standard InChI is InChI=1S/C18H23N3O4/c1-11-7-13(8-14(19)16(11)20)17(23)15(22)9-21-18(24)25-10-12-5-3-2-4-6-12/h2-8,15,17,22-23H,9-10,19-20H2,1H3,(H,21,24). The van der Waals surface area contributed by atoms with Crippen molar-refractivity contribution in [3.63, 3.8) is 0 Å². The molecule has 2 atom stereocenters. The smallest absolute Gasteiger partial charge is 0.407 e. The minimum absolute atomic E-state index is 0.124. The summed E-state index contributed by atoms with van der Waals surface area (Å²) in [5.41, 5.74) is 14.3. The van der Waals surface area contributed by atoms with E-state index in [1.165, 1.54) is 6.07 Å². The molecular formula is C18H23N3O4. The van der Waals surface area contributed by atoms with Gasteiger partial charge >= 0.3 is 6.09 Å². The van der Waals surface area contributed by atoms with Gasteiger partial charge in [0.15, 0.2) is 0 Å². The van der Waals surface area contributed by atoms with E-state index in [4.69, 9.17) is 16.2 Å². The van der Waals surface area contributed by atoms with Crippen molar-refractivity contribution in [2.24, 2.45) is 0 Å². The number of hydrogen-bond acceptors (Lipinski definition) is 6. The molecule has 1 amide bonds. The van der Waals surface area contributed by atoms with Gasteiger partial charge in [-0.1, -0.05) is 36.4 Å². The molecule has 0 spiro atoms. The summed E-state index contributed by atoms with van der Waals surface area (Å²) >= 11 is 0. The number of anilines is 2. The lowest BCUT2D eigenvalue weighted by Gasteiger charge is -2.20. The van der Waals surface area contributed by atoms with Gasteiger partial charge in [-0.25, -0.2) is 4.79 Å². The normalized spacial score (nSPS) is 13.1. The molecule has 7 N–H and O–H groups in total. The van der Waals surface area contributed by atoms with Crippen LogP contribution in [0.2, 0.25) is 0 Å². The fourth-order valence-corrected chi connectivity index (χ4v) is 2.32. The van der Waals surface area contributed by atoms with Gasteiger partial charge < -0.3 is 31.7 Å². The van der Waals surface area contributed by atoms with E-state index < -0.39 is 18.3 Å². The summed E-state index contributed by atoms with van der Waals surface area (Å²) in [6, 6.07) is 12.4. The number of hydrogen-bond donors (Lipinski definition) is 5. The number of nitrogen functional groups attached to an aromatic ring is 2. The van der Waals surface area contributed by atoms with Crippen LogP contribution in [0.25, 0.3) is 0 Å². The number of nitrogens with one attached hydrogen (secondary N) is 1. The van der Waals surface area contributed by atoms with Gasteiger partial charge in [-0.05, 0) is 29.7 Å². The summed E-state index contributed by atoms with van der Waals surface area (Å²) in [6.45, 7) is 1.71. The lowest BCUT2D eigenvalue weighted by atomic mass is 10.00. The Labute approximate surface area is 146 Å². The van der Waals surface area contributed by atoms with Crippen LogP contribution in [-0.4, -0.2) is 29.0 Å². The number of aliphatic hydroxyl groups is 2. The van der Waals surface area contributed by atoms with Crippen molar-refractivity contribution >= 4 is 17.5 Å². The zero-order valence-electron chi connectivity index (χ0n) is 14.0. The average molecular weight is 345 g/mol. The van der Waals surface area contributed by atoms with Crippen molar-refractivity contribution < 1.29 is 19.7 Å². The Morgan fingerprint density at radius 3 is 2.52 bits per heavy atom. The fourth-order valence-electron chi connectivity index (χ4n) is 2.32. The third-order valence-corrected chi connectivity index (χ3v) is 3.82. The van der Waals surface area contributed by atoms with Gasteiger partial charge in [0.2, 0.25) is 0 Å². The predicted molar refractivity (Wildman–Crippen MR) is 95.6 cm³/mol. The van der Waals surface area contributed by atoms with Crippen molar-refractivity contribution in [3.8, 4) is 0 Å². The van der Waals surface area contributed by atoms with Crippen molar-refractivity contribution in [2.75, 3.05) is 18.0 Å². The van der Waals surface area contributed by atoms with E-state index in [-0.39, 0.29) is 13.2 Å². The van der Waals surface area contributed by atoms with Crippen LogP contribution in [0, 0.1) is 6.92 Å². The van der Waals surface area contributed by atoms with Crippen LogP contribution in [0.4, 0.5) is 16.2 Å². The van der Waals surface area contributed by atoms with E-state index in [1.54, 1.807) is 13.0 Å². The second kappa shape index (κ2) is 8.36. The van der Waals surface area contributed by atoms with Crippen LogP contribution in [-0.2, 0) is 11.3 Å². The third-order valence-electron chi connectivity index (χ3n) is 3.82. The van der Waals surface area contributed by atoms with Gasteiger partial charge in [0.25, 0.3) is 0 Å². The summed E-state index contributed by atoms with van der Waals surface area (Å²) in [5.74, 6) is 0. The molecule has 0 aliphatic rings. The molecule has 134 valence electrons. The first-order chi connectivity index (χ1) is 11.9. The highest BCUT2D eigenvalue weighted by Crippen LogP contribution is 2.26. The SMILES string of the molecule is Cc1cc(C(O)C(O)CNC(=O)OCc2ccccc2)cc(N)c1N. The van der Waals surface area contributed by atoms with Gasteiger partial charge in [-0.3, -0.25) is 0 Å². The van der Waals surface area contributed by atoms with Crippen LogP contribution in [0.15, 0.2) is 42.5 Å². The second-order valence-electron chi connectivity index (χ2n) is 5.80. The molecule has 0 heterocycles. The van der Waals surface area contributed by atoms with E-state index in [0.717, 1.165) is 5.56 Å². The maximum absolute atomic E-state index is 11.7. The first-order valence-corrected chi connectivity index (χ1v) is 7.84. The number of aliphatic hydroxyl groups excluding tert-OH is 2. The van der Waals surface area contributed by atoms with Crippen LogP contribution >= 0.6 is 0 Å². The number of rotatable bonds is 6.